The average molecular weight is 436 g/mol. The summed E-state index contributed by atoms with van der Waals surface area (Å²) in [6.45, 7) is 5.73. The second-order valence-corrected chi connectivity index (χ2v) is 9.09. The molecule has 29 heavy (non-hydrogen) atoms. The van der Waals surface area contributed by atoms with Crippen LogP contribution in [0.1, 0.15) is 53.6 Å². The van der Waals surface area contributed by atoms with E-state index in [1.807, 2.05) is 16.8 Å². The zero-order chi connectivity index (χ0) is 21.0. The number of thiophene rings is 2. The Balaban J connectivity index is 1.71. The number of anilines is 1. The number of rotatable bonds is 7. The quantitative estimate of drug-likeness (QED) is 0.659. The lowest BCUT2D eigenvalue weighted by molar-refractivity contribution is -0.152. The SMILES string of the molecule is CCOC(=O)c1c(NC(=O)C(C)OC(=O)Cc2ccsc2)sc2c1CCC(C)C2. The van der Waals surface area contributed by atoms with Gasteiger partial charge in [0.15, 0.2) is 6.10 Å². The predicted octanol–water partition coefficient (Wildman–Crippen LogP) is 4.22. The number of hydrogen-bond acceptors (Lipinski definition) is 7. The first kappa shape index (κ1) is 21.5. The smallest absolute Gasteiger partial charge is 0.341 e. The molecule has 0 aromatic carbocycles. The number of carbonyl (C=O) groups excluding carboxylic acids is 3. The van der Waals surface area contributed by atoms with Gasteiger partial charge >= 0.3 is 11.9 Å². The highest BCUT2D eigenvalue weighted by molar-refractivity contribution is 7.17. The summed E-state index contributed by atoms with van der Waals surface area (Å²) in [5.41, 5.74) is 2.28. The van der Waals surface area contributed by atoms with Gasteiger partial charge in [-0.05, 0) is 67.0 Å². The lowest BCUT2D eigenvalue weighted by Gasteiger charge is -2.18. The number of hydrogen-bond donors (Lipinski definition) is 1. The van der Waals surface area contributed by atoms with Crippen LogP contribution in [0.2, 0.25) is 0 Å². The normalized spacial score (nSPS) is 16.6. The van der Waals surface area contributed by atoms with Crippen molar-refractivity contribution in [1.82, 2.24) is 0 Å². The van der Waals surface area contributed by atoms with Gasteiger partial charge in [-0.1, -0.05) is 6.92 Å². The van der Waals surface area contributed by atoms with Crippen molar-refractivity contribution in [2.24, 2.45) is 5.92 Å². The molecule has 6 nitrogen and oxygen atoms in total. The topological polar surface area (TPSA) is 81.7 Å². The maximum atomic E-state index is 12.6. The fourth-order valence-electron chi connectivity index (χ4n) is 3.32. The molecule has 1 amide bonds. The van der Waals surface area contributed by atoms with E-state index in [1.54, 1.807) is 6.92 Å². The lowest BCUT2D eigenvalue weighted by atomic mass is 9.88. The van der Waals surface area contributed by atoms with Gasteiger partial charge in [-0.25, -0.2) is 4.79 Å². The molecule has 1 N–H and O–H groups in total. The van der Waals surface area contributed by atoms with Crippen LogP contribution in [0.25, 0.3) is 0 Å². The van der Waals surface area contributed by atoms with E-state index >= 15 is 0 Å². The number of nitrogens with one attached hydrogen (secondary N) is 1. The van der Waals surface area contributed by atoms with Gasteiger partial charge in [-0.15, -0.1) is 11.3 Å². The molecule has 2 unspecified atom stereocenters. The molecule has 1 aliphatic rings. The Bertz CT molecular complexity index is 887. The summed E-state index contributed by atoms with van der Waals surface area (Å²) in [6.07, 6.45) is 1.84. The van der Waals surface area contributed by atoms with Gasteiger partial charge in [0.1, 0.15) is 5.00 Å². The molecule has 2 heterocycles. The van der Waals surface area contributed by atoms with Gasteiger partial charge in [-0.3, -0.25) is 9.59 Å². The van der Waals surface area contributed by atoms with Crippen LogP contribution in [-0.4, -0.2) is 30.6 Å². The molecule has 3 rings (SSSR count). The minimum atomic E-state index is -0.964. The van der Waals surface area contributed by atoms with Crippen LogP contribution in [0, 0.1) is 5.92 Å². The highest BCUT2D eigenvalue weighted by Crippen LogP contribution is 2.40. The van der Waals surface area contributed by atoms with Crippen LogP contribution < -0.4 is 5.32 Å². The van der Waals surface area contributed by atoms with Crippen molar-refractivity contribution in [2.75, 3.05) is 11.9 Å². The third-order valence-corrected chi connectivity index (χ3v) is 6.74. The first-order chi connectivity index (χ1) is 13.9. The Hall–Kier alpha value is -2.19. The summed E-state index contributed by atoms with van der Waals surface area (Å²) in [7, 11) is 0. The lowest BCUT2D eigenvalue weighted by Crippen LogP contribution is -2.30. The van der Waals surface area contributed by atoms with Crippen LogP contribution in [-0.2, 0) is 38.3 Å². The standard InChI is InChI=1S/C21H25NO5S2/c1-4-26-21(25)18-15-6-5-12(2)9-16(15)29-20(18)22-19(24)13(3)27-17(23)10-14-7-8-28-11-14/h7-8,11-13H,4-6,9-10H2,1-3H3,(H,22,24). The Morgan fingerprint density at radius 2 is 2.14 bits per heavy atom. The number of ether oxygens (including phenoxy) is 2. The highest BCUT2D eigenvalue weighted by atomic mass is 32.1. The minimum Gasteiger partial charge on any atom is -0.462 e. The summed E-state index contributed by atoms with van der Waals surface area (Å²) >= 11 is 2.92. The average Bonchev–Trinajstić information content (AvgIpc) is 3.28. The summed E-state index contributed by atoms with van der Waals surface area (Å²) in [4.78, 5) is 38.3. The molecule has 0 spiro atoms. The number of esters is 2. The summed E-state index contributed by atoms with van der Waals surface area (Å²) in [6, 6.07) is 1.85. The van der Waals surface area contributed by atoms with E-state index in [2.05, 4.69) is 12.2 Å². The summed E-state index contributed by atoms with van der Waals surface area (Å²) in [5.74, 6) is -0.800. The summed E-state index contributed by atoms with van der Waals surface area (Å²) in [5, 5.41) is 7.02. The van der Waals surface area contributed by atoms with Crippen molar-refractivity contribution in [2.45, 2.75) is 52.6 Å². The molecule has 2 aromatic heterocycles. The monoisotopic (exact) mass is 435 g/mol. The Morgan fingerprint density at radius 3 is 2.83 bits per heavy atom. The molecule has 0 radical (unpaired) electrons. The van der Waals surface area contributed by atoms with Crippen molar-refractivity contribution < 1.29 is 23.9 Å². The molecule has 0 fully saturated rings. The van der Waals surface area contributed by atoms with Crippen LogP contribution in [0.15, 0.2) is 16.8 Å². The Kier molecular flexibility index (Phi) is 7.08. The zero-order valence-electron chi connectivity index (χ0n) is 16.8. The van der Waals surface area contributed by atoms with Gasteiger partial charge in [0.2, 0.25) is 0 Å². The van der Waals surface area contributed by atoms with E-state index in [0.29, 0.717) is 16.5 Å². The van der Waals surface area contributed by atoms with Crippen LogP contribution in [0.4, 0.5) is 5.00 Å². The van der Waals surface area contributed by atoms with Crippen molar-refractivity contribution in [3.63, 3.8) is 0 Å². The van der Waals surface area contributed by atoms with Crippen molar-refractivity contribution >= 4 is 45.5 Å². The van der Waals surface area contributed by atoms with Gasteiger partial charge in [0, 0.05) is 4.88 Å². The van der Waals surface area contributed by atoms with E-state index in [9.17, 15) is 14.4 Å². The molecular weight excluding hydrogens is 410 g/mol. The molecule has 0 aliphatic heterocycles. The van der Waals surface area contributed by atoms with Crippen LogP contribution in [0.3, 0.4) is 0 Å². The minimum absolute atomic E-state index is 0.125. The predicted molar refractivity (Wildman–Crippen MR) is 114 cm³/mol. The molecule has 2 aromatic rings. The molecule has 0 saturated carbocycles. The van der Waals surface area contributed by atoms with Crippen molar-refractivity contribution in [3.8, 4) is 0 Å². The third-order valence-electron chi connectivity index (χ3n) is 4.83. The molecule has 156 valence electrons. The van der Waals surface area contributed by atoms with Gasteiger partial charge in [0.25, 0.3) is 5.91 Å². The van der Waals surface area contributed by atoms with E-state index in [0.717, 1.165) is 35.3 Å². The summed E-state index contributed by atoms with van der Waals surface area (Å²) < 4.78 is 10.5. The molecular formula is C21H25NO5S2. The Morgan fingerprint density at radius 1 is 1.34 bits per heavy atom. The van der Waals surface area contributed by atoms with Gasteiger partial charge < -0.3 is 14.8 Å². The molecule has 0 saturated heterocycles. The van der Waals surface area contributed by atoms with E-state index < -0.39 is 23.9 Å². The number of fused-ring (bicyclic) bond motifs is 1. The first-order valence-electron chi connectivity index (χ1n) is 9.72. The molecule has 8 heteroatoms. The van der Waals surface area contributed by atoms with Crippen molar-refractivity contribution in [3.05, 3.63) is 38.4 Å². The second kappa shape index (κ2) is 9.54. The van der Waals surface area contributed by atoms with Crippen molar-refractivity contribution in [1.29, 1.82) is 0 Å². The Labute approximate surface area is 178 Å². The van der Waals surface area contributed by atoms with Crippen LogP contribution >= 0.6 is 22.7 Å². The van der Waals surface area contributed by atoms with Gasteiger partial charge in [-0.2, -0.15) is 11.3 Å². The number of carbonyl (C=O) groups is 3. The van der Waals surface area contributed by atoms with Crippen LogP contribution in [0.5, 0.6) is 0 Å². The molecule has 2 atom stereocenters. The maximum Gasteiger partial charge on any atom is 0.341 e. The van der Waals surface area contributed by atoms with E-state index in [-0.39, 0.29) is 13.0 Å². The molecule has 1 aliphatic carbocycles. The third kappa shape index (κ3) is 5.25. The van der Waals surface area contributed by atoms with Gasteiger partial charge in [0.05, 0.1) is 18.6 Å². The fourth-order valence-corrected chi connectivity index (χ4v) is 5.39. The first-order valence-corrected chi connectivity index (χ1v) is 11.5. The highest BCUT2D eigenvalue weighted by Gasteiger charge is 2.30. The fraction of sp³-hybridized carbons (Fsp3) is 0.476. The van der Waals surface area contributed by atoms with E-state index in [1.165, 1.54) is 29.6 Å². The largest absolute Gasteiger partial charge is 0.462 e. The maximum absolute atomic E-state index is 12.6. The molecule has 0 bridgehead atoms. The second-order valence-electron chi connectivity index (χ2n) is 7.21. The van der Waals surface area contributed by atoms with E-state index in [4.69, 9.17) is 9.47 Å². The zero-order valence-corrected chi connectivity index (χ0v) is 18.4. The number of amides is 1.